The Labute approximate surface area is 126 Å². The Morgan fingerprint density at radius 2 is 1.76 bits per heavy atom. The standard InChI is InChI=1S/C15H12ClN5/c16-11-6-8-13(9-7-11)21-10-14(19-20-21)15(17)18-12-4-2-1-3-5-12/h1-10H,(H2,17,18). The van der Waals surface area contributed by atoms with Crippen LogP contribution >= 0.6 is 11.6 Å². The normalized spacial score (nSPS) is 11.6. The number of rotatable bonds is 3. The van der Waals surface area contributed by atoms with Gasteiger partial charge in [0.25, 0.3) is 0 Å². The lowest BCUT2D eigenvalue weighted by Gasteiger charge is -1.99. The van der Waals surface area contributed by atoms with Gasteiger partial charge in [0.1, 0.15) is 5.69 Å². The third-order valence-corrected chi connectivity index (χ3v) is 3.10. The Bertz CT molecular complexity index is 762. The van der Waals surface area contributed by atoms with Gasteiger partial charge >= 0.3 is 0 Å². The Morgan fingerprint density at radius 3 is 2.48 bits per heavy atom. The Morgan fingerprint density at radius 1 is 1.05 bits per heavy atom. The molecule has 0 aliphatic rings. The van der Waals surface area contributed by atoms with Crippen molar-refractivity contribution < 1.29 is 0 Å². The average Bonchev–Trinajstić information content (AvgIpc) is 2.99. The van der Waals surface area contributed by atoms with Gasteiger partial charge in [-0.25, -0.2) is 9.67 Å². The summed E-state index contributed by atoms with van der Waals surface area (Å²) in [6, 6.07) is 16.8. The monoisotopic (exact) mass is 297 g/mol. The summed E-state index contributed by atoms with van der Waals surface area (Å²) in [5.74, 6) is 0.321. The van der Waals surface area contributed by atoms with E-state index in [1.165, 1.54) is 0 Å². The molecule has 104 valence electrons. The van der Waals surface area contributed by atoms with Crippen LogP contribution in [-0.2, 0) is 0 Å². The molecule has 21 heavy (non-hydrogen) atoms. The van der Waals surface area contributed by atoms with E-state index in [0.29, 0.717) is 16.6 Å². The molecule has 3 aromatic rings. The first-order valence-electron chi connectivity index (χ1n) is 6.30. The van der Waals surface area contributed by atoms with Crippen LogP contribution in [0.15, 0.2) is 65.8 Å². The number of hydrogen-bond acceptors (Lipinski definition) is 3. The van der Waals surface area contributed by atoms with Crippen molar-refractivity contribution in [2.24, 2.45) is 10.7 Å². The molecule has 2 N–H and O–H groups in total. The quantitative estimate of drug-likeness (QED) is 0.597. The second-order valence-corrected chi connectivity index (χ2v) is 4.79. The molecule has 0 saturated carbocycles. The number of nitrogens with two attached hydrogens (primary N) is 1. The van der Waals surface area contributed by atoms with Gasteiger partial charge in [0.15, 0.2) is 5.84 Å². The van der Waals surface area contributed by atoms with Gasteiger partial charge in [-0.2, -0.15) is 0 Å². The zero-order chi connectivity index (χ0) is 14.7. The zero-order valence-corrected chi connectivity index (χ0v) is 11.8. The van der Waals surface area contributed by atoms with Crippen molar-refractivity contribution in [1.82, 2.24) is 15.0 Å². The fourth-order valence-electron chi connectivity index (χ4n) is 1.80. The molecule has 2 aromatic carbocycles. The maximum atomic E-state index is 5.96. The van der Waals surface area contributed by atoms with Gasteiger partial charge in [0.2, 0.25) is 0 Å². The van der Waals surface area contributed by atoms with E-state index in [9.17, 15) is 0 Å². The smallest absolute Gasteiger partial charge is 0.153 e. The van der Waals surface area contributed by atoms with E-state index in [1.807, 2.05) is 42.5 Å². The number of benzene rings is 2. The van der Waals surface area contributed by atoms with Gasteiger partial charge in [-0.05, 0) is 36.4 Å². The van der Waals surface area contributed by atoms with E-state index in [2.05, 4.69) is 15.3 Å². The third kappa shape index (κ3) is 3.09. The third-order valence-electron chi connectivity index (χ3n) is 2.85. The van der Waals surface area contributed by atoms with Crippen LogP contribution in [0.1, 0.15) is 5.69 Å². The molecule has 0 atom stereocenters. The largest absolute Gasteiger partial charge is 0.382 e. The van der Waals surface area contributed by atoms with Gasteiger partial charge in [-0.15, -0.1) is 5.10 Å². The van der Waals surface area contributed by atoms with Crippen LogP contribution < -0.4 is 5.73 Å². The molecule has 0 saturated heterocycles. The number of aromatic nitrogens is 3. The van der Waals surface area contributed by atoms with Crippen molar-refractivity contribution in [1.29, 1.82) is 0 Å². The highest BCUT2D eigenvalue weighted by molar-refractivity contribution is 6.30. The number of para-hydroxylation sites is 1. The highest BCUT2D eigenvalue weighted by Gasteiger charge is 2.06. The van der Waals surface area contributed by atoms with E-state index < -0.39 is 0 Å². The number of hydrogen-bond donors (Lipinski definition) is 1. The van der Waals surface area contributed by atoms with Gasteiger partial charge in [-0.3, -0.25) is 0 Å². The summed E-state index contributed by atoms with van der Waals surface area (Å²) in [4.78, 5) is 4.31. The number of halogens is 1. The minimum Gasteiger partial charge on any atom is -0.382 e. The van der Waals surface area contributed by atoms with Gasteiger partial charge < -0.3 is 5.73 Å². The minimum atomic E-state index is 0.321. The molecule has 0 aliphatic carbocycles. The van der Waals surface area contributed by atoms with Crippen LogP contribution in [0.25, 0.3) is 5.69 Å². The van der Waals surface area contributed by atoms with E-state index in [0.717, 1.165) is 11.4 Å². The summed E-state index contributed by atoms with van der Waals surface area (Å²) in [5.41, 5.74) is 8.10. The van der Waals surface area contributed by atoms with Crippen molar-refractivity contribution in [2.75, 3.05) is 0 Å². The maximum Gasteiger partial charge on any atom is 0.153 e. The first-order chi connectivity index (χ1) is 10.2. The molecular formula is C15H12ClN5. The molecular weight excluding hydrogens is 286 g/mol. The second kappa shape index (κ2) is 5.76. The lowest BCUT2D eigenvalue weighted by Crippen LogP contribution is -2.13. The fraction of sp³-hybridized carbons (Fsp3) is 0. The van der Waals surface area contributed by atoms with E-state index in [-0.39, 0.29) is 0 Å². The topological polar surface area (TPSA) is 69.1 Å². The van der Waals surface area contributed by atoms with Crippen LogP contribution in [0.2, 0.25) is 5.02 Å². The molecule has 0 amide bonds. The van der Waals surface area contributed by atoms with E-state index >= 15 is 0 Å². The summed E-state index contributed by atoms with van der Waals surface area (Å²) in [6.07, 6.45) is 1.73. The van der Waals surface area contributed by atoms with Crippen LogP contribution in [-0.4, -0.2) is 20.8 Å². The van der Waals surface area contributed by atoms with E-state index in [4.69, 9.17) is 17.3 Å². The van der Waals surface area contributed by atoms with Gasteiger partial charge in [0.05, 0.1) is 17.6 Å². The molecule has 0 bridgehead atoms. The van der Waals surface area contributed by atoms with Crippen molar-refractivity contribution in [3.05, 3.63) is 71.5 Å². The summed E-state index contributed by atoms with van der Waals surface area (Å²) in [7, 11) is 0. The van der Waals surface area contributed by atoms with Crippen molar-refractivity contribution in [3.63, 3.8) is 0 Å². The molecule has 6 heteroatoms. The lowest BCUT2D eigenvalue weighted by atomic mass is 10.3. The van der Waals surface area contributed by atoms with E-state index in [1.54, 1.807) is 23.0 Å². The highest BCUT2D eigenvalue weighted by atomic mass is 35.5. The molecule has 0 fully saturated rings. The molecule has 1 heterocycles. The Hall–Kier alpha value is -2.66. The molecule has 0 aliphatic heterocycles. The number of amidine groups is 1. The molecule has 0 radical (unpaired) electrons. The lowest BCUT2D eigenvalue weighted by molar-refractivity contribution is 0.802. The molecule has 3 rings (SSSR count). The average molecular weight is 298 g/mol. The molecule has 0 spiro atoms. The predicted molar refractivity (Wildman–Crippen MR) is 83.2 cm³/mol. The fourth-order valence-corrected chi connectivity index (χ4v) is 1.93. The Balaban J connectivity index is 1.88. The van der Waals surface area contributed by atoms with Crippen molar-refractivity contribution >= 4 is 23.1 Å². The number of aliphatic imine (C=N–C) groups is 1. The summed E-state index contributed by atoms with van der Waals surface area (Å²) >= 11 is 5.86. The maximum absolute atomic E-state index is 5.96. The molecule has 1 aromatic heterocycles. The minimum absolute atomic E-state index is 0.321. The van der Waals surface area contributed by atoms with Crippen molar-refractivity contribution in [3.8, 4) is 5.69 Å². The van der Waals surface area contributed by atoms with Gasteiger partial charge in [-0.1, -0.05) is 35.0 Å². The summed E-state index contributed by atoms with van der Waals surface area (Å²) in [5, 5.41) is 8.75. The predicted octanol–water partition coefficient (Wildman–Crippen LogP) is 2.96. The summed E-state index contributed by atoms with van der Waals surface area (Å²) in [6.45, 7) is 0. The zero-order valence-electron chi connectivity index (χ0n) is 11.0. The van der Waals surface area contributed by atoms with Gasteiger partial charge in [0, 0.05) is 5.02 Å². The first-order valence-corrected chi connectivity index (χ1v) is 6.68. The molecule has 5 nitrogen and oxygen atoms in total. The highest BCUT2D eigenvalue weighted by Crippen LogP contribution is 2.14. The number of nitrogens with zero attached hydrogens (tertiary/aromatic N) is 4. The SMILES string of the molecule is NC(=Nc1ccccc1)c1cn(-c2ccc(Cl)cc2)nn1. The second-order valence-electron chi connectivity index (χ2n) is 4.36. The first kappa shape index (κ1) is 13.3. The molecule has 0 unspecified atom stereocenters. The van der Waals surface area contributed by atoms with Crippen LogP contribution in [0, 0.1) is 0 Å². The summed E-state index contributed by atoms with van der Waals surface area (Å²) < 4.78 is 1.62. The van der Waals surface area contributed by atoms with Crippen LogP contribution in [0.4, 0.5) is 5.69 Å². The van der Waals surface area contributed by atoms with Crippen molar-refractivity contribution in [2.45, 2.75) is 0 Å². The van der Waals surface area contributed by atoms with Crippen LogP contribution in [0.3, 0.4) is 0 Å². The Kier molecular flexibility index (Phi) is 3.66. The van der Waals surface area contributed by atoms with Crippen LogP contribution in [0.5, 0.6) is 0 Å².